The summed E-state index contributed by atoms with van der Waals surface area (Å²) in [5.74, 6) is 0.926. The maximum Gasteiger partial charge on any atom is 0.121 e. The standard InChI is InChI=1S/C38H58N2O6/c1-2-11-37(39-25-35(43)30-16-17-34(42)31(24-30)27-41)45-23-10-4-9-20-40-21-18-29(19-22-40)36(26-40)46-28-38(44,33-14-7-8-15-33)32-12-5-3-6-13-32/h3,5-6,12-13,16-17,24,29,33,35-37,39,41,43-44H,2,4,7-11,14-15,18-23,25-28H2,1H3/p+1/t29?,35-,36-,37?,38?,40?/m0/s1. The number of piperidine rings is 3. The fourth-order valence-corrected chi connectivity index (χ4v) is 8.28. The van der Waals surface area contributed by atoms with E-state index in [4.69, 9.17) is 9.47 Å². The van der Waals surface area contributed by atoms with Crippen molar-refractivity contribution in [3.63, 3.8) is 0 Å². The molecule has 2 aromatic carbocycles. The third-order valence-electron chi connectivity index (χ3n) is 11.2. The fourth-order valence-electron chi connectivity index (χ4n) is 8.28. The maximum absolute atomic E-state index is 12.0. The summed E-state index contributed by atoms with van der Waals surface area (Å²) in [5, 5.41) is 45.2. The Kier molecular flexibility index (Phi) is 12.9. The predicted octanol–water partition coefficient (Wildman–Crippen LogP) is 5.52. The summed E-state index contributed by atoms with van der Waals surface area (Å²) in [6.07, 6.45) is 11.5. The van der Waals surface area contributed by atoms with Crippen molar-refractivity contribution in [2.45, 2.75) is 108 Å². The van der Waals surface area contributed by atoms with Crippen LogP contribution in [0.25, 0.3) is 0 Å². The van der Waals surface area contributed by atoms with E-state index in [0.717, 1.165) is 55.1 Å². The van der Waals surface area contributed by atoms with Crippen LogP contribution in [0, 0.1) is 11.8 Å². The summed E-state index contributed by atoms with van der Waals surface area (Å²) in [6, 6.07) is 15.1. The SMILES string of the molecule is CCCC(NC[C@H](O)c1ccc(O)c(CO)c1)OCCCCC[N+]12CCC(CC1)[C@@H](OCC(O)(c1ccccc1)C1CCCC1)C2. The number of phenols is 1. The minimum Gasteiger partial charge on any atom is -0.508 e. The van der Waals surface area contributed by atoms with E-state index in [1.165, 1.54) is 57.8 Å². The molecule has 256 valence electrons. The van der Waals surface area contributed by atoms with Crippen LogP contribution in [0.2, 0.25) is 0 Å². The van der Waals surface area contributed by atoms with Crippen molar-refractivity contribution in [3.8, 4) is 5.75 Å². The molecule has 8 heteroatoms. The normalized spacial score (nSPS) is 25.8. The largest absolute Gasteiger partial charge is 0.508 e. The summed E-state index contributed by atoms with van der Waals surface area (Å²) in [6.45, 7) is 8.05. The van der Waals surface area contributed by atoms with Crippen LogP contribution in [0.3, 0.4) is 0 Å². The lowest BCUT2D eigenvalue weighted by Crippen LogP contribution is -2.64. The number of nitrogens with one attached hydrogen (secondary N) is 1. The molecule has 6 rings (SSSR count). The smallest absolute Gasteiger partial charge is 0.121 e. The number of quaternary nitrogens is 1. The zero-order valence-electron chi connectivity index (χ0n) is 28.0. The number of aliphatic hydroxyl groups excluding tert-OH is 2. The Balaban J connectivity index is 1.04. The molecule has 2 unspecified atom stereocenters. The maximum atomic E-state index is 12.0. The number of aliphatic hydroxyl groups is 3. The van der Waals surface area contributed by atoms with Gasteiger partial charge in [0.25, 0.3) is 0 Å². The molecule has 0 spiro atoms. The van der Waals surface area contributed by atoms with Gasteiger partial charge in [0, 0.05) is 37.5 Å². The zero-order chi connectivity index (χ0) is 32.4. The quantitative estimate of drug-likeness (QED) is 0.0782. The number of hydrogen-bond donors (Lipinski definition) is 5. The fraction of sp³-hybridized carbons (Fsp3) is 0.684. The summed E-state index contributed by atoms with van der Waals surface area (Å²) >= 11 is 0. The summed E-state index contributed by atoms with van der Waals surface area (Å²) < 4.78 is 14.1. The number of benzene rings is 2. The number of rotatable bonds is 19. The Labute approximate surface area is 276 Å². The molecule has 3 aliphatic heterocycles. The van der Waals surface area contributed by atoms with Gasteiger partial charge >= 0.3 is 0 Å². The lowest BCUT2D eigenvalue weighted by atomic mass is 9.80. The second-order valence-corrected chi connectivity index (χ2v) is 14.3. The van der Waals surface area contributed by atoms with Gasteiger partial charge in [0.2, 0.25) is 0 Å². The highest BCUT2D eigenvalue weighted by molar-refractivity contribution is 5.36. The van der Waals surface area contributed by atoms with Crippen LogP contribution < -0.4 is 5.32 Å². The number of nitrogens with zero attached hydrogens (tertiary/aromatic N) is 1. The van der Waals surface area contributed by atoms with Crippen LogP contribution >= 0.6 is 0 Å². The molecule has 4 fully saturated rings. The van der Waals surface area contributed by atoms with Gasteiger partial charge in [-0.2, -0.15) is 0 Å². The molecule has 8 nitrogen and oxygen atoms in total. The van der Waals surface area contributed by atoms with Crippen molar-refractivity contribution in [3.05, 3.63) is 65.2 Å². The van der Waals surface area contributed by atoms with Crippen molar-refractivity contribution < 1.29 is 34.4 Å². The van der Waals surface area contributed by atoms with Crippen molar-refractivity contribution in [2.24, 2.45) is 11.8 Å². The van der Waals surface area contributed by atoms with Gasteiger partial charge in [-0.15, -0.1) is 0 Å². The van der Waals surface area contributed by atoms with E-state index in [9.17, 15) is 20.4 Å². The lowest BCUT2D eigenvalue weighted by Gasteiger charge is -2.53. The van der Waals surface area contributed by atoms with E-state index in [1.807, 2.05) is 18.2 Å². The molecule has 1 saturated carbocycles. The molecule has 3 heterocycles. The Morgan fingerprint density at radius 3 is 2.48 bits per heavy atom. The van der Waals surface area contributed by atoms with Crippen LogP contribution in [-0.4, -0.2) is 83.2 Å². The van der Waals surface area contributed by atoms with Gasteiger partial charge in [-0.25, -0.2) is 0 Å². The predicted molar refractivity (Wildman–Crippen MR) is 180 cm³/mol. The minimum absolute atomic E-state index is 0.0347. The second kappa shape index (κ2) is 16.9. The molecule has 1 aliphatic carbocycles. The van der Waals surface area contributed by atoms with Crippen molar-refractivity contribution in [1.82, 2.24) is 5.32 Å². The highest BCUT2D eigenvalue weighted by Gasteiger charge is 2.48. The van der Waals surface area contributed by atoms with Gasteiger partial charge in [-0.05, 0) is 67.7 Å². The molecule has 46 heavy (non-hydrogen) atoms. The number of hydrogen-bond acceptors (Lipinski definition) is 7. The Morgan fingerprint density at radius 2 is 1.76 bits per heavy atom. The zero-order valence-corrected chi connectivity index (χ0v) is 28.0. The summed E-state index contributed by atoms with van der Waals surface area (Å²) in [4.78, 5) is 0. The van der Waals surface area contributed by atoms with Crippen molar-refractivity contribution in [2.75, 3.05) is 45.9 Å². The van der Waals surface area contributed by atoms with E-state index < -0.39 is 11.7 Å². The monoisotopic (exact) mass is 639 g/mol. The Bertz CT molecular complexity index is 1180. The molecule has 5 N–H and O–H groups in total. The van der Waals surface area contributed by atoms with Crippen molar-refractivity contribution in [1.29, 1.82) is 0 Å². The lowest BCUT2D eigenvalue weighted by molar-refractivity contribution is -0.946. The summed E-state index contributed by atoms with van der Waals surface area (Å²) in [7, 11) is 0. The molecule has 4 atom stereocenters. The van der Waals surface area contributed by atoms with Crippen LogP contribution in [0.5, 0.6) is 5.75 Å². The van der Waals surface area contributed by atoms with Gasteiger partial charge in [-0.3, -0.25) is 5.32 Å². The molecule has 0 radical (unpaired) electrons. The average molecular weight is 640 g/mol. The van der Waals surface area contributed by atoms with Crippen LogP contribution in [0.15, 0.2) is 48.5 Å². The molecule has 2 bridgehead atoms. The van der Waals surface area contributed by atoms with Gasteiger partial charge < -0.3 is 34.4 Å². The minimum atomic E-state index is -0.897. The second-order valence-electron chi connectivity index (χ2n) is 14.3. The molecular weight excluding hydrogens is 580 g/mol. The van der Waals surface area contributed by atoms with Crippen LogP contribution in [-0.2, 0) is 21.7 Å². The van der Waals surface area contributed by atoms with E-state index in [0.29, 0.717) is 36.8 Å². The first-order chi connectivity index (χ1) is 22.4. The third-order valence-corrected chi connectivity index (χ3v) is 11.2. The van der Waals surface area contributed by atoms with Gasteiger partial charge in [0.05, 0.1) is 39.0 Å². The highest BCUT2D eigenvalue weighted by Crippen LogP contribution is 2.42. The number of ether oxygens (including phenoxy) is 2. The highest BCUT2D eigenvalue weighted by atomic mass is 16.5. The van der Waals surface area contributed by atoms with Gasteiger partial charge in [0.15, 0.2) is 0 Å². The van der Waals surface area contributed by atoms with E-state index >= 15 is 0 Å². The molecule has 4 aliphatic rings. The average Bonchev–Trinajstić information content (AvgIpc) is 3.65. The van der Waals surface area contributed by atoms with Gasteiger partial charge in [-0.1, -0.05) is 62.6 Å². The molecular formula is C38H59N2O6+. The topological polar surface area (TPSA) is 111 Å². The van der Waals surface area contributed by atoms with E-state index in [1.54, 1.807) is 12.1 Å². The van der Waals surface area contributed by atoms with Crippen LogP contribution in [0.4, 0.5) is 0 Å². The molecule has 0 aromatic heterocycles. The Morgan fingerprint density at radius 1 is 1.00 bits per heavy atom. The van der Waals surface area contributed by atoms with E-state index in [2.05, 4.69) is 24.4 Å². The first-order valence-electron chi connectivity index (χ1n) is 18.1. The first kappa shape index (κ1) is 35.3. The Hall–Kier alpha value is -2.04. The van der Waals surface area contributed by atoms with E-state index in [-0.39, 0.29) is 30.6 Å². The molecule has 0 amide bonds. The van der Waals surface area contributed by atoms with Crippen molar-refractivity contribution >= 4 is 0 Å². The third kappa shape index (κ3) is 8.90. The number of fused-ring (bicyclic) bond motifs is 3. The van der Waals surface area contributed by atoms with Crippen LogP contribution in [0.1, 0.15) is 100 Å². The number of aromatic hydroxyl groups is 1. The summed E-state index contributed by atoms with van der Waals surface area (Å²) in [5.41, 5.74) is 1.18. The number of unbranched alkanes of at least 4 members (excludes halogenated alkanes) is 2. The van der Waals surface area contributed by atoms with Gasteiger partial charge in [0.1, 0.15) is 30.2 Å². The first-order valence-corrected chi connectivity index (χ1v) is 18.1. The molecule has 2 aromatic rings. The molecule has 3 saturated heterocycles.